The SMILES string of the molecule is CCOC(=O)c1nc(C)n(Cc2ccc(Br)s2)c1N. The third kappa shape index (κ3) is 2.98. The number of aromatic nitrogens is 2. The molecule has 2 N–H and O–H groups in total. The molecule has 0 radical (unpaired) electrons. The summed E-state index contributed by atoms with van der Waals surface area (Å²) in [5.74, 6) is 0.569. The lowest BCUT2D eigenvalue weighted by Gasteiger charge is -2.05. The van der Waals surface area contributed by atoms with E-state index in [0.29, 0.717) is 24.8 Å². The van der Waals surface area contributed by atoms with Crippen molar-refractivity contribution in [1.82, 2.24) is 9.55 Å². The molecule has 0 saturated carbocycles. The van der Waals surface area contributed by atoms with Gasteiger partial charge in [0.05, 0.1) is 16.9 Å². The van der Waals surface area contributed by atoms with E-state index in [0.717, 1.165) is 8.66 Å². The fourth-order valence-electron chi connectivity index (χ4n) is 1.72. The maximum absolute atomic E-state index is 11.7. The number of hydrogen-bond acceptors (Lipinski definition) is 5. The highest BCUT2D eigenvalue weighted by Crippen LogP contribution is 2.25. The zero-order chi connectivity index (χ0) is 14.0. The molecule has 102 valence electrons. The van der Waals surface area contributed by atoms with E-state index in [4.69, 9.17) is 10.5 Å². The minimum absolute atomic E-state index is 0.190. The van der Waals surface area contributed by atoms with Crippen molar-refractivity contribution >= 4 is 39.1 Å². The molecule has 0 fully saturated rings. The highest BCUT2D eigenvalue weighted by molar-refractivity contribution is 9.11. The fraction of sp³-hybridized carbons (Fsp3) is 0.333. The fourth-order valence-corrected chi connectivity index (χ4v) is 3.20. The topological polar surface area (TPSA) is 70.1 Å². The van der Waals surface area contributed by atoms with Gasteiger partial charge in [-0.05, 0) is 41.9 Å². The van der Waals surface area contributed by atoms with Gasteiger partial charge in [-0.1, -0.05) is 0 Å². The Labute approximate surface area is 123 Å². The number of thiophene rings is 1. The van der Waals surface area contributed by atoms with Gasteiger partial charge in [0.2, 0.25) is 0 Å². The molecular formula is C12H14BrN3O2S. The van der Waals surface area contributed by atoms with Crippen LogP contribution in [0.3, 0.4) is 0 Å². The Balaban J connectivity index is 2.29. The highest BCUT2D eigenvalue weighted by Gasteiger charge is 2.19. The predicted octanol–water partition coefficient (Wildman–Crippen LogP) is 2.82. The first-order valence-electron chi connectivity index (χ1n) is 5.76. The van der Waals surface area contributed by atoms with Crippen molar-refractivity contribution in [1.29, 1.82) is 0 Å². The molecule has 2 aromatic heterocycles. The number of carbonyl (C=O) groups is 1. The Kier molecular flexibility index (Phi) is 4.26. The molecule has 0 aliphatic rings. The molecule has 0 saturated heterocycles. The molecule has 0 aliphatic heterocycles. The van der Waals surface area contributed by atoms with Gasteiger partial charge >= 0.3 is 5.97 Å². The van der Waals surface area contributed by atoms with E-state index in [2.05, 4.69) is 20.9 Å². The number of ether oxygens (including phenoxy) is 1. The summed E-state index contributed by atoms with van der Waals surface area (Å²) >= 11 is 5.04. The summed E-state index contributed by atoms with van der Waals surface area (Å²) in [7, 11) is 0. The smallest absolute Gasteiger partial charge is 0.360 e. The molecule has 19 heavy (non-hydrogen) atoms. The van der Waals surface area contributed by atoms with Crippen LogP contribution in [0.5, 0.6) is 0 Å². The second kappa shape index (κ2) is 5.75. The van der Waals surface area contributed by atoms with Crippen molar-refractivity contribution in [2.45, 2.75) is 20.4 Å². The zero-order valence-corrected chi connectivity index (χ0v) is 13.0. The van der Waals surface area contributed by atoms with Gasteiger partial charge in [-0.25, -0.2) is 9.78 Å². The van der Waals surface area contributed by atoms with Gasteiger partial charge in [0.15, 0.2) is 5.69 Å². The lowest BCUT2D eigenvalue weighted by molar-refractivity contribution is 0.0521. The first kappa shape index (κ1) is 14.1. The van der Waals surface area contributed by atoms with Crippen LogP contribution in [0.1, 0.15) is 28.1 Å². The monoisotopic (exact) mass is 343 g/mol. The molecule has 0 atom stereocenters. The molecule has 0 bridgehead atoms. The Morgan fingerprint density at radius 2 is 2.32 bits per heavy atom. The van der Waals surface area contributed by atoms with Gasteiger partial charge < -0.3 is 15.0 Å². The van der Waals surface area contributed by atoms with E-state index < -0.39 is 5.97 Å². The minimum atomic E-state index is -0.478. The van der Waals surface area contributed by atoms with Gasteiger partial charge in [0.1, 0.15) is 11.6 Å². The molecule has 0 aliphatic carbocycles. The highest BCUT2D eigenvalue weighted by atomic mass is 79.9. The Hall–Kier alpha value is -1.34. The summed E-state index contributed by atoms with van der Waals surface area (Å²) in [5.41, 5.74) is 6.17. The van der Waals surface area contributed by atoms with Gasteiger partial charge in [-0.15, -0.1) is 11.3 Å². The summed E-state index contributed by atoms with van der Waals surface area (Å²) in [5, 5.41) is 0. The van der Waals surface area contributed by atoms with Gasteiger partial charge in [0, 0.05) is 4.88 Å². The largest absolute Gasteiger partial charge is 0.461 e. The maximum atomic E-state index is 11.7. The molecule has 0 amide bonds. The first-order valence-corrected chi connectivity index (χ1v) is 7.37. The first-order chi connectivity index (χ1) is 9.02. The second-order valence-corrected chi connectivity index (χ2v) is 6.45. The lowest BCUT2D eigenvalue weighted by Crippen LogP contribution is -2.10. The number of anilines is 1. The number of halogens is 1. The van der Waals surface area contributed by atoms with Crippen LogP contribution in [-0.2, 0) is 11.3 Å². The summed E-state index contributed by atoms with van der Waals surface area (Å²) < 4.78 is 7.80. The zero-order valence-electron chi connectivity index (χ0n) is 10.6. The quantitative estimate of drug-likeness (QED) is 0.866. The van der Waals surface area contributed by atoms with Crippen molar-refractivity contribution in [3.63, 3.8) is 0 Å². The number of carbonyl (C=O) groups excluding carboxylic acids is 1. The molecule has 2 rings (SSSR count). The van der Waals surface area contributed by atoms with Gasteiger partial charge in [-0.3, -0.25) is 0 Å². The third-order valence-corrected chi connectivity index (χ3v) is 4.22. The average molecular weight is 344 g/mol. The van der Waals surface area contributed by atoms with E-state index in [1.165, 1.54) is 0 Å². The molecule has 7 heteroatoms. The van der Waals surface area contributed by atoms with E-state index in [1.807, 2.05) is 23.6 Å². The minimum Gasteiger partial charge on any atom is -0.461 e. The van der Waals surface area contributed by atoms with E-state index >= 15 is 0 Å². The molecule has 0 spiro atoms. The van der Waals surface area contributed by atoms with Crippen LogP contribution in [0.4, 0.5) is 5.82 Å². The maximum Gasteiger partial charge on any atom is 0.360 e. The molecule has 0 aromatic carbocycles. The summed E-state index contributed by atoms with van der Waals surface area (Å²) in [4.78, 5) is 17.0. The predicted molar refractivity (Wildman–Crippen MR) is 78.5 cm³/mol. The second-order valence-electron chi connectivity index (χ2n) is 3.91. The number of imidazole rings is 1. The third-order valence-electron chi connectivity index (χ3n) is 2.61. The van der Waals surface area contributed by atoms with Crippen molar-refractivity contribution in [3.8, 4) is 0 Å². The lowest BCUT2D eigenvalue weighted by atomic mass is 10.4. The van der Waals surface area contributed by atoms with Crippen LogP contribution in [0, 0.1) is 6.92 Å². The van der Waals surface area contributed by atoms with Crippen molar-refractivity contribution in [3.05, 3.63) is 32.3 Å². The summed E-state index contributed by atoms with van der Waals surface area (Å²) in [6.45, 7) is 4.48. The Morgan fingerprint density at radius 3 is 2.89 bits per heavy atom. The molecule has 2 heterocycles. The van der Waals surface area contributed by atoms with Crippen molar-refractivity contribution < 1.29 is 9.53 Å². The number of rotatable bonds is 4. The summed E-state index contributed by atoms with van der Waals surface area (Å²) in [6.07, 6.45) is 0. The van der Waals surface area contributed by atoms with Crippen LogP contribution < -0.4 is 5.73 Å². The van der Waals surface area contributed by atoms with Crippen LogP contribution in [0.2, 0.25) is 0 Å². The number of nitrogens with two attached hydrogens (primary N) is 1. The number of nitrogens with zero attached hydrogens (tertiary/aromatic N) is 2. The van der Waals surface area contributed by atoms with E-state index in [1.54, 1.807) is 18.3 Å². The van der Waals surface area contributed by atoms with Crippen LogP contribution >= 0.6 is 27.3 Å². The molecular weight excluding hydrogens is 330 g/mol. The van der Waals surface area contributed by atoms with E-state index in [-0.39, 0.29) is 5.69 Å². The van der Waals surface area contributed by atoms with Gasteiger partial charge in [0.25, 0.3) is 0 Å². The number of aryl methyl sites for hydroxylation is 1. The summed E-state index contributed by atoms with van der Waals surface area (Å²) in [6, 6.07) is 3.99. The number of nitrogen functional groups attached to an aromatic ring is 1. The van der Waals surface area contributed by atoms with Gasteiger partial charge in [-0.2, -0.15) is 0 Å². The number of esters is 1. The van der Waals surface area contributed by atoms with Crippen molar-refractivity contribution in [2.24, 2.45) is 0 Å². The molecule has 5 nitrogen and oxygen atoms in total. The van der Waals surface area contributed by atoms with Crippen LogP contribution in [0.15, 0.2) is 15.9 Å². The normalized spacial score (nSPS) is 10.7. The molecule has 0 unspecified atom stereocenters. The molecule has 2 aromatic rings. The Bertz CT molecular complexity index is 606. The van der Waals surface area contributed by atoms with Crippen LogP contribution in [0.25, 0.3) is 0 Å². The van der Waals surface area contributed by atoms with Crippen molar-refractivity contribution in [2.75, 3.05) is 12.3 Å². The Morgan fingerprint density at radius 1 is 1.58 bits per heavy atom. The van der Waals surface area contributed by atoms with E-state index in [9.17, 15) is 4.79 Å². The van der Waals surface area contributed by atoms with Crippen LogP contribution in [-0.4, -0.2) is 22.1 Å². The average Bonchev–Trinajstić information content (AvgIpc) is 2.88. The standard InChI is InChI=1S/C12H14BrN3O2S/c1-3-18-12(17)10-11(14)16(7(2)15-10)6-8-4-5-9(13)19-8/h4-5H,3,6,14H2,1-2H3. The number of hydrogen-bond donors (Lipinski definition) is 1.